The summed E-state index contributed by atoms with van der Waals surface area (Å²) in [6, 6.07) is 9.01. The van der Waals surface area contributed by atoms with Crippen molar-refractivity contribution in [2.45, 2.75) is 25.3 Å². The van der Waals surface area contributed by atoms with Crippen LogP contribution in [0.2, 0.25) is 0 Å². The molecule has 0 unspecified atom stereocenters. The summed E-state index contributed by atoms with van der Waals surface area (Å²) in [4.78, 5) is 26.9. The molecule has 3 rings (SSSR count). The lowest BCUT2D eigenvalue weighted by molar-refractivity contribution is -0.125. The van der Waals surface area contributed by atoms with Gasteiger partial charge in [-0.05, 0) is 43.5 Å². The molecule has 2 aliphatic rings. The molecule has 114 valence electrons. The zero-order valence-electron chi connectivity index (χ0n) is 12.2. The molecule has 1 saturated heterocycles. The summed E-state index contributed by atoms with van der Waals surface area (Å²) < 4.78 is 5.55. The van der Waals surface area contributed by atoms with Crippen molar-refractivity contribution in [2.75, 3.05) is 19.7 Å². The SMILES string of the molecule is N#Cc1ccc(OCCCN2C(=O)CN(C3CC3)C2=O)cc1. The van der Waals surface area contributed by atoms with Crippen LogP contribution in [0, 0.1) is 11.3 Å². The molecule has 0 atom stereocenters. The van der Waals surface area contributed by atoms with Gasteiger partial charge in [0.15, 0.2) is 0 Å². The van der Waals surface area contributed by atoms with E-state index in [1.807, 2.05) is 6.07 Å². The van der Waals surface area contributed by atoms with Gasteiger partial charge < -0.3 is 9.64 Å². The molecular weight excluding hydrogens is 282 g/mol. The summed E-state index contributed by atoms with van der Waals surface area (Å²) >= 11 is 0. The summed E-state index contributed by atoms with van der Waals surface area (Å²) in [6.07, 6.45) is 2.61. The van der Waals surface area contributed by atoms with E-state index in [2.05, 4.69) is 0 Å². The monoisotopic (exact) mass is 299 g/mol. The van der Waals surface area contributed by atoms with Crippen LogP contribution >= 0.6 is 0 Å². The quantitative estimate of drug-likeness (QED) is 0.592. The van der Waals surface area contributed by atoms with Gasteiger partial charge in [0.05, 0.1) is 18.2 Å². The Bertz CT molecular complexity index is 617. The van der Waals surface area contributed by atoms with Crippen LogP contribution in [0.15, 0.2) is 24.3 Å². The van der Waals surface area contributed by atoms with Gasteiger partial charge in [-0.2, -0.15) is 5.26 Å². The van der Waals surface area contributed by atoms with Crippen LogP contribution in [0.1, 0.15) is 24.8 Å². The van der Waals surface area contributed by atoms with Gasteiger partial charge in [-0.3, -0.25) is 9.69 Å². The highest BCUT2D eigenvalue weighted by Crippen LogP contribution is 2.30. The molecule has 0 radical (unpaired) electrons. The highest BCUT2D eigenvalue weighted by atomic mass is 16.5. The minimum absolute atomic E-state index is 0.115. The van der Waals surface area contributed by atoms with Crippen LogP contribution in [0.3, 0.4) is 0 Å². The van der Waals surface area contributed by atoms with E-state index in [0.717, 1.165) is 12.8 Å². The Balaban J connectivity index is 1.43. The second kappa shape index (κ2) is 6.06. The smallest absolute Gasteiger partial charge is 0.327 e. The Morgan fingerprint density at radius 3 is 2.59 bits per heavy atom. The van der Waals surface area contributed by atoms with Gasteiger partial charge in [0, 0.05) is 12.6 Å². The van der Waals surface area contributed by atoms with E-state index in [1.54, 1.807) is 29.2 Å². The molecule has 0 spiro atoms. The fourth-order valence-electron chi connectivity index (χ4n) is 2.49. The van der Waals surface area contributed by atoms with Gasteiger partial charge >= 0.3 is 6.03 Å². The van der Waals surface area contributed by atoms with Crippen molar-refractivity contribution in [1.82, 2.24) is 9.80 Å². The summed E-state index contributed by atoms with van der Waals surface area (Å²) in [5.41, 5.74) is 0.584. The Morgan fingerprint density at radius 2 is 1.95 bits per heavy atom. The third kappa shape index (κ3) is 3.03. The van der Waals surface area contributed by atoms with E-state index in [-0.39, 0.29) is 24.5 Å². The van der Waals surface area contributed by atoms with Crippen LogP contribution in [0.25, 0.3) is 0 Å². The molecule has 0 N–H and O–H groups in total. The first-order valence-corrected chi connectivity index (χ1v) is 7.43. The van der Waals surface area contributed by atoms with Gasteiger partial charge in [0.2, 0.25) is 5.91 Å². The first kappa shape index (κ1) is 14.4. The molecular formula is C16H17N3O3. The number of nitriles is 1. The second-order valence-corrected chi connectivity index (χ2v) is 5.53. The number of nitrogens with zero attached hydrogens (tertiary/aromatic N) is 3. The van der Waals surface area contributed by atoms with Crippen molar-refractivity contribution in [1.29, 1.82) is 5.26 Å². The number of rotatable bonds is 6. The maximum atomic E-state index is 12.1. The predicted molar refractivity (Wildman–Crippen MR) is 78.1 cm³/mol. The van der Waals surface area contributed by atoms with E-state index < -0.39 is 0 Å². The average molecular weight is 299 g/mol. The van der Waals surface area contributed by atoms with E-state index in [4.69, 9.17) is 10.00 Å². The molecule has 1 aromatic carbocycles. The standard InChI is InChI=1S/C16H17N3O3/c17-10-12-2-6-14(7-3-12)22-9-1-8-18-15(20)11-19(16(18)21)13-4-5-13/h2-3,6-7,13H,1,4-5,8-9,11H2. The number of imide groups is 1. The zero-order valence-corrected chi connectivity index (χ0v) is 12.2. The largest absolute Gasteiger partial charge is 0.494 e. The lowest BCUT2D eigenvalue weighted by Gasteiger charge is -2.16. The Hall–Kier alpha value is -2.55. The van der Waals surface area contributed by atoms with Crippen LogP contribution in [-0.2, 0) is 4.79 Å². The van der Waals surface area contributed by atoms with E-state index in [1.165, 1.54) is 4.90 Å². The van der Waals surface area contributed by atoms with Crippen molar-refractivity contribution in [3.63, 3.8) is 0 Å². The van der Waals surface area contributed by atoms with Crippen LogP contribution in [-0.4, -0.2) is 47.5 Å². The molecule has 1 aromatic rings. The average Bonchev–Trinajstić information content (AvgIpc) is 3.33. The van der Waals surface area contributed by atoms with Crippen LogP contribution in [0.5, 0.6) is 5.75 Å². The number of benzene rings is 1. The van der Waals surface area contributed by atoms with Crippen LogP contribution < -0.4 is 4.74 Å². The summed E-state index contributed by atoms with van der Waals surface area (Å²) in [5.74, 6) is 0.563. The highest BCUT2D eigenvalue weighted by Gasteiger charge is 2.43. The second-order valence-electron chi connectivity index (χ2n) is 5.53. The number of urea groups is 1. The van der Waals surface area contributed by atoms with Crippen molar-refractivity contribution in [2.24, 2.45) is 0 Å². The summed E-state index contributed by atoms with van der Waals surface area (Å²) in [6.45, 7) is 1.03. The van der Waals surface area contributed by atoms with E-state index in [0.29, 0.717) is 30.9 Å². The fraction of sp³-hybridized carbons (Fsp3) is 0.438. The van der Waals surface area contributed by atoms with Gasteiger partial charge in [-0.1, -0.05) is 0 Å². The molecule has 1 saturated carbocycles. The summed E-state index contributed by atoms with van der Waals surface area (Å²) in [7, 11) is 0. The predicted octanol–water partition coefficient (Wildman–Crippen LogP) is 1.75. The maximum absolute atomic E-state index is 12.1. The Morgan fingerprint density at radius 1 is 1.23 bits per heavy atom. The molecule has 1 aliphatic heterocycles. The minimum Gasteiger partial charge on any atom is -0.494 e. The van der Waals surface area contributed by atoms with Gasteiger partial charge in [0.25, 0.3) is 0 Å². The number of carbonyl (C=O) groups excluding carboxylic acids is 2. The molecule has 2 fully saturated rings. The molecule has 22 heavy (non-hydrogen) atoms. The molecule has 1 aliphatic carbocycles. The summed E-state index contributed by atoms with van der Waals surface area (Å²) in [5, 5.41) is 8.71. The molecule has 6 heteroatoms. The lowest BCUT2D eigenvalue weighted by atomic mass is 10.2. The van der Waals surface area contributed by atoms with Crippen molar-refractivity contribution >= 4 is 11.9 Å². The highest BCUT2D eigenvalue weighted by molar-refractivity contribution is 6.02. The molecule has 3 amide bonds. The van der Waals surface area contributed by atoms with Crippen LogP contribution in [0.4, 0.5) is 4.79 Å². The Labute approximate surface area is 128 Å². The molecule has 1 heterocycles. The number of ether oxygens (including phenoxy) is 1. The topological polar surface area (TPSA) is 73.6 Å². The first-order valence-electron chi connectivity index (χ1n) is 7.43. The van der Waals surface area contributed by atoms with Gasteiger partial charge in [-0.25, -0.2) is 4.79 Å². The minimum atomic E-state index is -0.161. The molecule has 0 aromatic heterocycles. The normalized spacial score (nSPS) is 17.8. The molecule has 0 bridgehead atoms. The lowest BCUT2D eigenvalue weighted by Crippen LogP contribution is -2.35. The third-order valence-electron chi connectivity index (χ3n) is 3.85. The van der Waals surface area contributed by atoms with Crippen molar-refractivity contribution in [3.05, 3.63) is 29.8 Å². The molecule has 6 nitrogen and oxygen atoms in total. The Kier molecular flexibility index (Phi) is 3.96. The van der Waals surface area contributed by atoms with Gasteiger partial charge in [-0.15, -0.1) is 0 Å². The van der Waals surface area contributed by atoms with Crippen molar-refractivity contribution in [3.8, 4) is 11.8 Å². The van der Waals surface area contributed by atoms with Gasteiger partial charge in [0.1, 0.15) is 12.3 Å². The first-order chi connectivity index (χ1) is 10.7. The third-order valence-corrected chi connectivity index (χ3v) is 3.85. The van der Waals surface area contributed by atoms with E-state index >= 15 is 0 Å². The number of hydrogen-bond donors (Lipinski definition) is 0. The number of carbonyl (C=O) groups is 2. The number of amides is 3. The fourth-order valence-corrected chi connectivity index (χ4v) is 2.49. The zero-order chi connectivity index (χ0) is 15.5. The number of hydrogen-bond acceptors (Lipinski definition) is 4. The van der Waals surface area contributed by atoms with Crippen molar-refractivity contribution < 1.29 is 14.3 Å². The van der Waals surface area contributed by atoms with E-state index in [9.17, 15) is 9.59 Å². The maximum Gasteiger partial charge on any atom is 0.327 e.